The summed E-state index contributed by atoms with van der Waals surface area (Å²) in [5.41, 5.74) is 1.34. The molecule has 2 bridgehead atoms. The second-order valence-electron chi connectivity index (χ2n) is 7.15. The molecule has 0 saturated carbocycles. The topological polar surface area (TPSA) is 59.4 Å². The van der Waals surface area contributed by atoms with Crippen LogP contribution in [0, 0.1) is 0 Å². The van der Waals surface area contributed by atoms with Crippen LogP contribution in [0.4, 0.5) is 0 Å². The first kappa shape index (κ1) is 19.7. The fourth-order valence-electron chi connectivity index (χ4n) is 3.81. The lowest BCUT2D eigenvalue weighted by Gasteiger charge is -2.23. The summed E-state index contributed by atoms with van der Waals surface area (Å²) in [6.45, 7) is 4.16. The van der Waals surface area contributed by atoms with E-state index in [4.69, 9.17) is 4.74 Å². The van der Waals surface area contributed by atoms with E-state index in [1.165, 1.54) is 6.42 Å². The lowest BCUT2D eigenvalue weighted by atomic mass is 10.1. The van der Waals surface area contributed by atoms with Crippen LogP contribution in [0.3, 0.4) is 0 Å². The fourth-order valence-corrected chi connectivity index (χ4v) is 3.81. The van der Waals surface area contributed by atoms with Gasteiger partial charge in [-0.25, -0.2) is 4.68 Å². The maximum atomic E-state index is 13.2. The number of benzene rings is 1. The van der Waals surface area contributed by atoms with Crippen molar-refractivity contribution in [2.24, 2.45) is 0 Å². The van der Waals surface area contributed by atoms with Crippen LogP contribution in [0.5, 0.6) is 5.75 Å². The van der Waals surface area contributed by atoms with Crippen molar-refractivity contribution in [2.45, 2.75) is 44.7 Å². The molecule has 2 aromatic rings. The summed E-state index contributed by atoms with van der Waals surface area (Å²) in [6.07, 6.45) is 6.08. The maximum absolute atomic E-state index is 13.2. The highest BCUT2D eigenvalue weighted by atomic mass is 35.5. The van der Waals surface area contributed by atoms with Crippen molar-refractivity contribution in [2.75, 3.05) is 19.7 Å². The molecule has 6 nitrogen and oxygen atoms in total. The standard InChI is InChI=1S/C20H26N4O2.ClH/c1-2-12-26-18-14-24(17-6-4-3-5-7-17)22-19(18)20(25)23-11-10-15-8-9-16(13-23)21-15;/h3-7,14-16,21H,2,8-13H2,1H3;1H. The molecule has 4 rings (SSSR count). The molecule has 2 atom stereocenters. The molecule has 1 amide bonds. The number of likely N-dealkylation sites (tertiary alicyclic amines) is 1. The largest absolute Gasteiger partial charge is 0.489 e. The maximum Gasteiger partial charge on any atom is 0.278 e. The van der Waals surface area contributed by atoms with Gasteiger partial charge < -0.3 is 15.0 Å². The Hall–Kier alpha value is -2.05. The van der Waals surface area contributed by atoms with Gasteiger partial charge in [0, 0.05) is 25.2 Å². The van der Waals surface area contributed by atoms with E-state index in [0.717, 1.165) is 38.0 Å². The number of amides is 1. The van der Waals surface area contributed by atoms with Crippen LogP contribution in [0.25, 0.3) is 5.69 Å². The third kappa shape index (κ3) is 4.28. The third-order valence-corrected chi connectivity index (χ3v) is 5.18. The Morgan fingerprint density at radius 2 is 2.00 bits per heavy atom. The quantitative estimate of drug-likeness (QED) is 0.852. The number of carbonyl (C=O) groups excluding carboxylic acids is 1. The van der Waals surface area contributed by atoms with Crippen molar-refractivity contribution >= 4 is 18.3 Å². The van der Waals surface area contributed by atoms with Crippen LogP contribution >= 0.6 is 12.4 Å². The molecule has 2 aliphatic heterocycles. The number of aromatic nitrogens is 2. The molecular formula is C20H27ClN4O2. The SMILES string of the molecule is CCCOc1cn(-c2ccccc2)nc1C(=O)N1CCC2CCC(C1)N2.Cl. The number of nitrogens with zero attached hydrogens (tertiary/aromatic N) is 3. The van der Waals surface area contributed by atoms with Gasteiger partial charge in [-0.3, -0.25) is 4.79 Å². The molecule has 0 aliphatic carbocycles. The predicted molar refractivity (Wildman–Crippen MR) is 107 cm³/mol. The summed E-state index contributed by atoms with van der Waals surface area (Å²) in [5.74, 6) is 0.545. The predicted octanol–water partition coefficient (Wildman–Crippen LogP) is 3.05. The normalized spacial score (nSPS) is 21.4. The van der Waals surface area contributed by atoms with Gasteiger partial charge in [0.15, 0.2) is 11.4 Å². The minimum atomic E-state index is -0.0277. The lowest BCUT2D eigenvalue weighted by Crippen LogP contribution is -2.39. The Bertz CT molecular complexity index is 765. The van der Waals surface area contributed by atoms with E-state index in [1.807, 2.05) is 41.4 Å². The Morgan fingerprint density at radius 1 is 1.22 bits per heavy atom. The number of nitrogens with one attached hydrogen (secondary N) is 1. The Balaban J connectivity index is 0.00000210. The molecular weight excluding hydrogens is 364 g/mol. The number of fused-ring (bicyclic) bond motifs is 2. The number of halogens is 1. The number of hydrogen-bond acceptors (Lipinski definition) is 4. The monoisotopic (exact) mass is 390 g/mol. The van der Waals surface area contributed by atoms with E-state index in [-0.39, 0.29) is 18.3 Å². The van der Waals surface area contributed by atoms with Crippen LogP contribution < -0.4 is 10.1 Å². The zero-order chi connectivity index (χ0) is 17.9. The van der Waals surface area contributed by atoms with Crippen molar-refractivity contribution in [3.8, 4) is 11.4 Å². The van der Waals surface area contributed by atoms with Gasteiger partial charge in [0.2, 0.25) is 0 Å². The van der Waals surface area contributed by atoms with Crippen LogP contribution in [-0.4, -0.2) is 52.4 Å². The highest BCUT2D eigenvalue weighted by Crippen LogP contribution is 2.25. The average Bonchev–Trinajstić information content (AvgIpc) is 3.23. The number of carbonyl (C=O) groups is 1. The second-order valence-corrected chi connectivity index (χ2v) is 7.15. The molecule has 0 spiro atoms. The summed E-state index contributed by atoms with van der Waals surface area (Å²) in [6, 6.07) is 10.8. The van der Waals surface area contributed by atoms with E-state index < -0.39 is 0 Å². The molecule has 7 heteroatoms. The minimum absolute atomic E-state index is 0. The van der Waals surface area contributed by atoms with Crippen molar-refractivity contribution < 1.29 is 9.53 Å². The molecule has 1 N–H and O–H groups in total. The molecule has 1 aromatic carbocycles. The molecule has 1 aromatic heterocycles. The molecule has 0 radical (unpaired) electrons. The summed E-state index contributed by atoms with van der Waals surface area (Å²) in [4.78, 5) is 15.1. The molecule has 27 heavy (non-hydrogen) atoms. The van der Waals surface area contributed by atoms with Gasteiger partial charge in [-0.15, -0.1) is 12.4 Å². The van der Waals surface area contributed by atoms with E-state index in [9.17, 15) is 4.79 Å². The van der Waals surface area contributed by atoms with Crippen molar-refractivity contribution in [1.82, 2.24) is 20.0 Å². The highest BCUT2D eigenvalue weighted by Gasteiger charge is 2.33. The Morgan fingerprint density at radius 3 is 2.78 bits per heavy atom. The average molecular weight is 391 g/mol. The van der Waals surface area contributed by atoms with E-state index in [0.29, 0.717) is 30.1 Å². The van der Waals surface area contributed by atoms with E-state index >= 15 is 0 Å². The zero-order valence-corrected chi connectivity index (χ0v) is 16.5. The van der Waals surface area contributed by atoms with E-state index in [2.05, 4.69) is 17.3 Å². The first-order chi connectivity index (χ1) is 12.7. The summed E-state index contributed by atoms with van der Waals surface area (Å²) < 4.78 is 7.58. The smallest absolute Gasteiger partial charge is 0.278 e. The first-order valence-corrected chi connectivity index (χ1v) is 9.58. The molecule has 2 unspecified atom stereocenters. The van der Waals surface area contributed by atoms with E-state index in [1.54, 1.807) is 4.68 Å². The molecule has 2 aliphatic rings. The van der Waals surface area contributed by atoms with Crippen molar-refractivity contribution in [1.29, 1.82) is 0 Å². The third-order valence-electron chi connectivity index (χ3n) is 5.18. The second kappa shape index (κ2) is 8.76. The van der Waals surface area contributed by atoms with Gasteiger partial charge >= 0.3 is 0 Å². The van der Waals surface area contributed by atoms with Gasteiger partial charge in [0.05, 0.1) is 18.5 Å². The molecule has 2 fully saturated rings. The van der Waals surface area contributed by atoms with Crippen molar-refractivity contribution in [3.63, 3.8) is 0 Å². The summed E-state index contributed by atoms with van der Waals surface area (Å²) in [7, 11) is 0. The zero-order valence-electron chi connectivity index (χ0n) is 15.6. The molecule has 3 heterocycles. The minimum Gasteiger partial charge on any atom is -0.489 e. The van der Waals surface area contributed by atoms with Gasteiger partial charge in [0.25, 0.3) is 5.91 Å². The summed E-state index contributed by atoms with van der Waals surface area (Å²) >= 11 is 0. The number of rotatable bonds is 5. The lowest BCUT2D eigenvalue weighted by molar-refractivity contribution is 0.0737. The molecule has 146 valence electrons. The fraction of sp³-hybridized carbons (Fsp3) is 0.500. The highest BCUT2D eigenvalue weighted by molar-refractivity contribution is 5.95. The summed E-state index contributed by atoms with van der Waals surface area (Å²) in [5, 5.41) is 8.20. The van der Waals surface area contributed by atoms with Crippen molar-refractivity contribution in [3.05, 3.63) is 42.2 Å². The first-order valence-electron chi connectivity index (χ1n) is 9.58. The Labute approximate surface area is 166 Å². The number of para-hydroxylation sites is 1. The van der Waals surface area contributed by atoms with Gasteiger partial charge in [-0.05, 0) is 37.8 Å². The van der Waals surface area contributed by atoms with Crippen LogP contribution in [-0.2, 0) is 0 Å². The molecule has 2 saturated heterocycles. The van der Waals surface area contributed by atoms with Gasteiger partial charge in [-0.2, -0.15) is 5.10 Å². The van der Waals surface area contributed by atoms with Crippen LogP contribution in [0.1, 0.15) is 43.1 Å². The van der Waals surface area contributed by atoms with Gasteiger partial charge in [-0.1, -0.05) is 25.1 Å². The van der Waals surface area contributed by atoms with Gasteiger partial charge in [0.1, 0.15) is 0 Å². The number of ether oxygens (including phenoxy) is 1. The van der Waals surface area contributed by atoms with Crippen LogP contribution in [0.2, 0.25) is 0 Å². The number of hydrogen-bond donors (Lipinski definition) is 1. The van der Waals surface area contributed by atoms with Crippen LogP contribution in [0.15, 0.2) is 36.5 Å². The Kier molecular flexibility index (Phi) is 6.39.